The van der Waals surface area contributed by atoms with Crippen molar-refractivity contribution in [3.8, 4) is 5.75 Å². The molecule has 2 aromatic carbocycles. The Morgan fingerprint density at radius 3 is 2.50 bits per heavy atom. The Morgan fingerprint density at radius 1 is 1.00 bits per heavy atom. The second kappa shape index (κ2) is 10.2. The minimum atomic E-state index is -0.335. The molecule has 0 amide bonds. The number of methoxy groups -OCH3 is 1. The second-order valence-electron chi connectivity index (χ2n) is 10.6. The monoisotopic (exact) mass is 513 g/mol. The van der Waals surface area contributed by atoms with Crippen LogP contribution in [0.2, 0.25) is 0 Å². The SMILES string of the molecule is COc1ccccc1N1CCN([C@H](c2cc3c(C)ccc(C)c3[nH]c2=O)c2nnnn2C2CCCC2)CC1. The maximum atomic E-state index is 13.7. The van der Waals surface area contributed by atoms with Gasteiger partial charge in [0.15, 0.2) is 5.82 Å². The van der Waals surface area contributed by atoms with Crippen molar-refractivity contribution in [1.82, 2.24) is 30.1 Å². The molecule has 0 radical (unpaired) electrons. The number of ether oxygens (including phenoxy) is 1. The lowest BCUT2D eigenvalue weighted by Gasteiger charge is -2.40. The van der Waals surface area contributed by atoms with E-state index >= 15 is 0 Å². The lowest BCUT2D eigenvalue weighted by molar-refractivity contribution is 0.196. The molecule has 1 N–H and O–H groups in total. The number of fused-ring (bicyclic) bond motifs is 1. The summed E-state index contributed by atoms with van der Waals surface area (Å²) in [5.74, 6) is 1.64. The molecule has 4 aromatic rings. The van der Waals surface area contributed by atoms with Gasteiger partial charge in [-0.25, -0.2) is 4.68 Å². The summed E-state index contributed by atoms with van der Waals surface area (Å²) in [7, 11) is 1.71. The van der Waals surface area contributed by atoms with Crippen LogP contribution in [-0.2, 0) is 0 Å². The molecule has 9 heteroatoms. The molecule has 1 saturated heterocycles. The predicted molar refractivity (Wildman–Crippen MR) is 148 cm³/mol. The number of tetrazole rings is 1. The molecular weight excluding hydrogens is 478 g/mol. The van der Waals surface area contributed by atoms with Gasteiger partial charge in [0.1, 0.15) is 11.8 Å². The van der Waals surface area contributed by atoms with E-state index in [4.69, 9.17) is 4.74 Å². The molecule has 1 atom stereocenters. The Morgan fingerprint density at radius 2 is 1.74 bits per heavy atom. The maximum absolute atomic E-state index is 13.7. The van der Waals surface area contributed by atoms with E-state index in [9.17, 15) is 4.79 Å². The van der Waals surface area contributed by atoms with E-state index in [1.165, 1.54) is 12.8 Å². The topological polar surface area (TPSA) is 92.2 Å². The van der Waals surface area contributed by atoms with Crippen molar-refractivity contribution in [1.29, 1.82) is 0 Å². The first-order chi connectivity index (χ1) is 18.5. The van der Waals surface area contributed by atoms with E-state index in [1.54, 1.807) is 7.11 Å². The van der Waals surface area contributed by atoms with Gasteiger partial charge in [-0.2, -0.15) is 0 Å². The summed E-state index contributed by atoms with van der Waals surface area (Å²) in [5, 5.41) is 14.2. The zero-order chi connectivity index (χ0) is 26.2. The molecule has 2 aromatic heterocycles. The molecule has 1 saturated carbocycles. The number of aromatic nitrogens is 5. The van der Waals surface area contributed by atoms with Gasteiger partial charge in [-0.05, 0) is 66.4 Å². The Hall–Kier alpha value is -3.72. The molecule has 9 nitrogen and oxygen atoms in total. The van der Waals surface area contributed by atoms with Gasteiger partial charge in [0.25, 0.3) is 5.56 Å². The molecule has 0 bridgehead atoms. The number of pyridine rings is 1. The van der Waals surface area contributed by atoms with Gasteiger partial charge in [-0.15, -0.1) is 5.10 Å². The number of nitrogens with zero attached hydrogens (tertiary/aromatic N) is 6. The van der Waals surface area contributed by atoms with Gasteiger partial charge in [-0.3, -0.25) is 9.69 Å². The third-order valence-corrected chi connectivity index (χ3v) is 8.31. The Balaban J connectivity index is 1.41. The molecule has 0 unspecified atom stereocenters. The Labute approximate surface area is 222 Å². The molecule has 2 aliphatic rings. The van der Waals surface area contributed by atoms with Crippen LogP contribution < -0.4 is 15.2 Å². The van der Waals surface area contributed by atoms with Gasteiger partial charge in [0.2, 0.25) is 0 Å². The van der Waals surface area contributed by atoms with Crippen LogP contribution >= 0.6 is 0 Å². The molecule has 2 fully saturated rings. The summed E-state index contributed by atoms with van der Waals surface area (Å²) < 4.78 is 7.62. The number of anilines is 1. The van der Waals surface area contributed by atoms with E-state index in [0.29, 0.717) is 5.56 Å². The number of aromatic amines is 1. The quantitative estimate of drug-likeness (QED) is 0.414. The van der Waals surface area contributed by atoms with E-state index in [-0.39, 0.29) is 17.6 Å². The molecular formula is C29H35N7O2. The number of para-hydroxylation sites is 2. The number of benzene rings is 2. The van der Waals surface area contributed by atoms with Gasteiger partial charge < -0.3 is 14.6 Å². The van der Waals surface area contributed by atoms with Crippen LogP contribution in [0.4, 0.5) is 5.69 Å². The third kappa shape index (κ3) is 4.34. The number of H-pyrrole nitrogens is 1. The largest absolute Gasteiger partial charge is 0.495 e. The molecule has 6 rings (SSSR count). The van der Waals surface area contributed by atoms with Crippen LogP contribution in [0.1, 0.15) is 60.3 Å². The number of hydrogen-bond donors (Lipinski definition) is 1. The highest BCUT2D eigenvalue weighted by Crippen LogP contribution is 2.36. The Kier molecular flexibility index (Phi) is 6.61. The fourth-order valence-corrected chi connectivity index (χ4v) is 6.20. The van der Waals surface area contributed by atoms with Crippen molar-refractivity contribution in [3.05, 3.63) is 75.3 Å². The van der Waals surface area contributed by atoms with Crippen LogP contribution in [0.3, 0.4) is 0 Å². The first kappa shape index (κ1) is 24.6. The number of piperazine rings is 1. The van der Waals surface area contributed by atoms with Gasteiger partial charge in [-0.1, -0.05) is 37.1 Å². The van der Waals surface area contributed by atoms with Crippen LogP contribution in [0.15, 0.2) is 47.3 Å². The molecule has 3 heterocycles. The zero-order valence-corrected chi connectivity index (χ0v) is 22.4. The Bertz CT molecular complexity index is 1500. The highest BCUT2D eigenvalue weighted by atomic mass is 16.5. The first-order valence-electron chi connectivity index (χ1n) is 13.6. The standard InChI is InChI=1S/C29H35N7O2/c1-19-12-13-20(2)26-22(19)18-23(29(37)30-26)27(28-31-32-33-36(28)21-8-4-5-9-21)35-16-14-34(15-17-35)24-10-6-7-11-25(24)38-3/h6-7,10-13,18,21,27H,4-5,8-9,14-17H2,1-3H3,(H,30,37)/t27-/m1/s1. The highest BCUT2D eigenvalue weighted by Gasteiger charge is 2.35. The maximum Gasteiger partial charge on any atom is 0.253 e. The van der Waals surface area contributed by atoms with Crippen molar-refractivity contribution in [2.75, 3.05) is 38.2 Å². The summed E-state index contributed by atoms with van der Waals surface area (Å²) in [4.78, 5) is 21.6. The molecule has 198 valence electrons. The van der Waals surface area contributed by atoms with Crippen molar-refractivity contribution in [2.45, 2.75) is 51.6 Å². The smallest absolute Gasteiger partial charge is 0.253 e. The van der Waals surface area contributed by atoms with Crippen LogP contribution in [0.5, 0.6) is 5.75 Å². The summed E-state index contributed by atoms with van der Waals surface area (Å²) in [5.41, 5.74) is 4.81. The van der Waals surface area contributed by atoms with Crippen molar-refractivity contribution in [2.24, 2.45) is 0 Å². The van der Waals surface area contributed by atoms with Crippen molar-refractivity contribution < 1.29 is 4.74 Å². The lowest BCUT2D eigenvalue weighted by atomic mass is 9.99. The lowest BCUT2D eigenvalue weighted by Crippen LogP contribution is -2.49. The molecule has 38 heavy (non-hydrogen) atoms. The van der Waals surface area contributed by atoms with Crippen LogP contribution in [0, 0.1) is 13.8 Å². The van der Waals surface area contributed by atoms with Crippen molar-refractivity contribution in [3.63, 3.8) is 0 Å². The van der Waals surface area contributed by atoms with Gasteiger partial charge in [0.05, 0.1) is 24.4 Å². The van der Waals surface area contributed by atoms with E-state index in [0.717, 1.165) is 78.3 Å². The van der Waals surface area contributed by atoms with Crippen LogP contribution in [-0.4, -0.2) is 63.4 Å². The average Bonchev–Trinajstić information content (AvgIpc) is 3.65. The normalized spacial score (nSPS) is 17.8. The summed E-state index contributed by atoms with van der Waals surface area (Å²) in [6, 6.07) is 14.3. The van der Waals surface area contributed by atoms with E-state index in [2.05, 4.69) is 61.5 Å². The first-order valence-corrected chi connectivity index (χ1v) is 13.6. The zero-order valence-electron chi connectivity index (χ0n) is 22.4. The van der Waals surface area contributed by atoms with Gasteiger partial charge >= 0.3 is 0 Å². The summed E-state index contributed by atoms with van der Waals surface area (Å²) in [6.45, 7) is 7.28. The fraction of sp³-hybridized carbons (Fsp3) is 0.448. The summed E-state index contributed by atoms with van der Waals surface area (Å²) in [6.07, 6.45) is 4.50. The summed E-state index contributed by atoms with van der Waals surface area (Å²) >= 11 is 0. The van der Waals surface area contributed by atoms with Crippen molar-refractivity contribution >= 4 is 16.6 Å². The van der Waals surface area contributed by atoms with E-state index in [1.807, 2.05) is 29.8 Å². The van der Waals surface area contributed by atoms with Crippen LogP contribution in [0.25, 0.3) is 10.9 Å². The highest BCUT2D eigenvalue weighted by molar-refractivity contribution is 5.85. The third-order valence-electron chi connectivity index (χ3n) is 8.31. The number of nitrogens with one attached hydrogen (secondary N) is 1. The molecule has 1 aliphatic carbocycles. The number of hydrogen-bond acceptors (Lipinski definition) is 7. The number of aryl methyl sites for hydroxylation is 2. The molecule has 0 spiro atoms. The second-order valence-corrected chi connectivity index (χ2v) is 10.6. The minimum Gasteiger partial charge on any atom is -0.495 e. The number of rotatable bonds is 6. The molecule has 1 aliphatic heterocycles. The minimum absolute atomic E-state index is 0.0793. The fourth-order valence-electron chi connectivity index (χ4n) is 6.20. The average molecular weight is 514 g/mol. The van der Waals surface area contributed by atoms with E-state index < -0.39 is 0 Å². The predicted octanol–water partition coefficient (Wildman–Crippen LogP) is 4.17. The van der Waals surface area contributed by atoms with Gasteiger partial charge in [0, 0.05) is 37.1 Å².